The molecule has 4 nitrogen and oxygen atoms in total. The number of thiophene rings is 1. The summed E-state index contributed by atoms with van der Waals surface area (Å²) >= 11 is 2.87. The molecule has 0 amide bonds. The number of nitrogens with zero attached hydrogens (tertiary/aromatic N) is 2. The molecular formula is C18H16N2O2S2. The molecule has 0 N–H and O–H groups in total. The van der Waals surface area contributed by atoms with Gasteiger partial charge in [0.2, 0.25) is 0 Å². The SMILES string of the molecule is Cc1ccsc1-c1nnc(SCC(=O)c2ccc3c(c2)CCC3)o1. The average Bonchev–Trinajstić information content (AvgIpc) is 3.31. The van der Waals surface area contributed by atoms with Crippen molar-refractivity contribution in [2.75, 3.05) is 5.75 Å². The van der Waals surface area contributed by atoms with Crippen LogP contribution in [0.1, 0.15) is 33.5 Å². The van der Waals surface area contributed by atoms with E-state index < -0.39 is 0 Å². The van der Waals surface area contributed by atoms with Crippen molar-refractivity contribution in [1.82, 2.24) is 10.2 Å². The Bertz CT molecular complexity index is 898. The molecule has 0 saturated carbocycles. The number of hydrogen-bond donors (Lipinski definition) is 0. The lowest BCUT2D eigenvalue weighted by Crippen LogP contribution is -2.03. The van der Waals surface area contributed by atoms with E-state index >= 15 is 0 Å². The van der Waals surface area contributed by atoms with Crippen molar-refractivity contribution in [2.24, 2.45) is 0 Å². The van der Waals surface area contributed by atoms with Crippen LogP contribution >= 0.6 is 23.1 Å². The van der Waals surface area contributed by atoms with Crippen molar-refractivity contribution in [3.8, 4) is 10.8 Å². The summed E-state index contributed by atoms with van der Waals surface area (Å²) in [5, 5.41) is 10.6. The van der Waals surface area contributed by atoms with Gasteiger partial charge in [0.1, 0.15) is 0 Å². The number of carbonyl (C=O) groups is 1. The zero-order chi connectivity index (χ0) is 16.5. The Morgan fingerprint density at radius 1 is 1.25 bits per heavy atom. The number of benzene rings is 1. The van der Waals surface area contributed by atoms with Crippen LogP contribution in [0.15, 0.2) is 39.3 Å². The van der Waals surface area contributed by atoms with E-state index in [0.29, 0.717) is 16.9 Å². The molecule has 4 rings (SSSR count). The predicted octanol–water partition coefficient (Wildman–Crippen LogP) is 4.57. The first-order valence-electron chi connectivity index (χ1n) is 7.86. The summed E-state index contributed by atoms with van der Waals surface area (Å²) in [6, 6.07) is 8.08. The van der Waals surface area contributed by atoms with E-state index in [-0.39, 0.29) is 5.78 Å². The largest absolute Gasteiger partial charge is 0.410 e. The number of carbonyl (C=O) groups excluding carboxylic acids is 1. The van der Waals surface area contributed by atoms with Crippen LogP contribution in [0.2, 0.25) is 0 Å². The number of ketones is 1. The molecule has 2 aromatic heterocycles. The van der Waals surface area contributed by atoms with Crippen molar-refractivity contribution in [3.63, 3.8) is 0 Å². The third-order valence-corrected chi connectivity index (χ3v) is 6.03. The van der Waals surface area contributed by atoms with Crippen molar-refractivity contribution < 1.29 is 9.21 Å². The summed E-state index contributed by atoms with van der Waals surface area (Å²) < 4.78 is 5.67. The topological polar surface area (TPSA) is 56.0 Å². The highest BCUT2D eigenvalue weighted by molar-refractivity contribution is 7.99. The van der Waals surface area contributed by atoms with Crippen LogP contribution in [0.25, 0.3) is 10.8 Å². The van der Waals surface area contributed by atoms with Crippen LogP contribution in [-0.4, -0.2) is 21.7 Å². The second-order valence-corrected chi connectivity index (χ2v) is 7.70. The molecule has 6 heteroatoms. The summed E-state index contributed by atoms with van der Waals surface area (Å²) in [4.78, 5) is 13.4. The van der Waals surface area contributed by atoms with E-state index in [4.69, 9.17) is 4.42 Å². The Morgan fingerprint density at radius 3 is 2.96 bits per heavy atom. The zero-order valence-corrected chi connectivity index (χ0v) is 14.9. The number of thioether (sulfide) groups is 1. The molecule has 3 aromatic rings. The molecule has 1 aliphatic rings. The van der Waals surface area contributed by atoms with Crippen LogP contribution < -0.4 is 0 Å². The number of fused-ring (bicyclic) bond motifs is 1. The summed E-state index contributed by atoms with van der Waals surface area (Å²) in [6.07, 6.45) is 3.40. The maximum atomic E-state index is 12.4. The fourth-order valence-corrected chi connectivity index (χ4v) is 4.41. The van der Waals surface area contributed by atoms with Gasteiger partial charge in [-0.15, -0.1) is 21.5 Å². The molecule has 1 aliphatic carbocycles. The fraction of sp³-hybridized carbons (Fsp3) is 0.278. The number of hydrogen-bond acceptors (Lipinski definition) is 6. The lowest BCUT2D eigenvalue weighted by Gasteiger charge is -2.03. The minimum atomic E-state index is 0.0988. The van der Waals surface area contributed by atoms with Gasteiger partial charge in [0.25, 0.3) is 11.1 Å². The van der Waals surface area contributed by atoms with Crippen molar-refractivity contribution >= 4 is 28.9 Å². The summed E-state index contributed by atoms with van der Waals surface area (Å²) in [5.74, 6) is 0.931. The Labute approximate surface area is 148 Å². The van der Waals surface area contributed by atoms with Gasteiger partial charge >= 0.3 is 0 Å². The van der Waals surface area contributed by atoms with Crippen LogP contribution in [0.4, 0.5) is 0 Å². The quantitative estimate of drug-likeness (QED) is 0.495. The molecule has 0 saturated heterocycles. The van der Waals surface area contributed by atoms with Crippen LogP contribution in [-0.2, 0) is 12.8 Å². The number of aromatic nitrogens is 2. The highest BCUT2D eigenvalue weighted by Crippen LogP contribution is 2.30. The van der Waals surface area contributed by atoms with E-state index in [1.807, 2.05) is 30.5 Å². The van der Waals surface area contributed by atoms with E-state index in [2.05, 4.69) is 16.3 Å². The Balaban J connectivity index is 1.43. The molecule has 1 aromatic carbocycles. The van der Waals surface area contributed by atoms with Crippen molar-refractivity contribution in [1.29, 1.82) is 0 Å². The highest BCUT2D eigenvalue weighted by Gasteiger charge is 2.16. The predicted molar refractivity (Wildman–Crippen MR) is 95.9 cm³/mol. The fourth-order valence-electron chi connectivity index (χ4n) is 2.91. The molecule has 0 unspecified atom stereocenters. The second-order valence-electron chi connectivity index (χ2n) is 5.85. The maximum absolute atomic E-state index is 12.4. The standard InChI is InChI=1S/C18H16N2O2S2/c1-11-7-8-23-16(11)17-19-20-18(22-17)24-10-15(21)14-6-5-12-3-2-4-13(12)9-14/h5-9H,2-4,10H2,1H3. The molecule has 122 valence electrons. The third kappa shape index (κ3) is 3.03. The van der Waals surface area contributed by atoms with Gasteiger partial charge in [-0.3, -0.25) is 4.79 Å². The summed E-state index contributed by atoms with van der Waals surface area (Å²) in [5.41, 5.74) is 4.59. The molecule has 2 heterocycles. The van der Waals surface area contributed by atoms with Gasteiger partial charge in [-0.2, -0.15) is 0 Å². The maximum Gasteiger partial charge on any atom is 0.277 e. The van der Waals surface area contributed by atoms with Crippen LogP contribution in [0.3, 0.4) is 0 Å². The number of aryl methyl sites for hydroxylation is 3. The molecule has 0 radical (unpaired) electrons. The van der Waals surface area contributed by atoms with Gasteiger partial charge in [0.05, 0.1) is 10.6 Å². The third-order valence-electron chi connectivity index (χ3n) is 4.21. The van der Waals surface area contributed by atoms with Gasteiger partial charge in [0, 0.05) is 5.56 Å². The van der Waals surface area contributed by atoms with Crippen molar-refractivity contribution in [3.05, 3.63) is 51.9 Å². The smallest absolute Gasteiger partial charge is 0.277 e. The first-order valence-corrected chi connectivity index (χ1v) is 9.73. The lowest BCUT2D eigenvalue weighted by atomic mass is 10.0. The Hall–Kier alpha value is -1.92. The molecule has 0 atom stereocenters. The van der Waals surface area contributed by atoms with E-state index in [1.54, 1.807) is 11.3 Å². The van der Waals surface area contributed by atoms with Crippen LogP contribution in [0, 0.1) is 6.92 Å². The van der Waals surface area contributed by atoms with Gasteiger partial charge in [-0.25, -0.2) is 0 Å². The molecule has 0 fully saturated rings. The molecule has 0 bridgehead atoms. The summed E-state index contributed by atoms with van der Waals surface area (Å²) in [7, 11) is 0. The van der Waals surface area contributed by atoms with Gasteiger partial charge in [-0.1, -0.05) is 23.9 Å². The van der Waals surface area contributed by atoms with Gasteiger partial charge < -0.3 is 4.42 Å². The summed E-state index contributed by atoms with van der Waals surface area (Å²) in [6.45, 7) is 2.01. The second kappa shape index (κ2) is 6.53. The Morgan fingerprint density at radius 2 is 2.12 bits per heavy atom. The molecular weight excluding hydrogens is 340 g/mol. The first-order chi connectivity index (χ1) is 11.7. The monoisotopic (exact) mass is 356 g/mol. The first kappa shape index (κ1) is 15.6. The number of Topliss-reactive ketones (excluding diaryl/α,β-unsaturated/α-hetero) is 1. The Kier molecular flexibility index (Phi) is 4.24. The minimum Gasteiger partial charge on any atom is -0.410 e. The zero-order valence-electron chi connectivity index (χ0n) is 13.2. The van der Waals surface area contributed by atoms with Crippen molar-refractivity contribution in [2.45, 2.75) is 31.4 Å². The molecule has 24 heavy (non-hydrogen) atoms. The highest BCUT2D eigenvalue weighted by atomic mass is 32.2. The van der Waals surface area contributed by atoms with E-state index in [1.165, 1.54) is 29.3 Å². The molecule has 0 aliphatic heterocycles. The van der Waals surface area contributed by atoms with E-state index in [0.717, 1.165) is 28.8 Å². The lowest BCUT2D eigenvalue weighted by molar-refractivity contribution is 0.102. The minimum absolute atomic E-state index is 0.0988. The van der Waals surface area contributed by atoms with Gasteiger partial charge in [-0.05, 0) is 60.4 Å². The van der Waals surface area contributed by atoms with Gasteiger partial charge in [0.15, 0.2) is 5.78 Å². The molecule has 0 spiro atoms. The van der Waals surface area contributed by atoms with Crippen LogP contribution in [0.5, 0.6) is 0 Å². The number of rotatable bonds is 5. The normalized spacial score (nSPS) is 13.2. The van der Waals surface area contributed by atoms with E-state index in [9.17, 15) is 4.79 Å². The average molecular weight is 356 g/mol.